The van der Waals surface area contributed by atoms with Crippen LogP contribution in [0.4, 0.5) is 11.4 Å². The van der Waals surface area contributed by atoms with E-state index in [2.05, 4.69) is 21.2 Å². The Morgan fingerprint density at radius 2 is 1.61 bits per heavy atom. The summed E-state index contributed by atoms with van der Waals surface area (Å²) in [5.41, 5.74) is 3.63. The van der Waals surface area contributed by atoms with Gasteiger partial charge in [0.05, 0.1) is 24.1 Å². The van der Waals surface area contributed by atoms with E-state index in [1.54, 1.807) is 60.7 Å². The van der Waals surface area contributed by atoms with E-state index in [-0.39, 0.29) is 11.3 Å². The number of benzene rings is 3. The van der Waals surface area contributed by atoms with Crippen LogP contribution in [0.25, 0.3) is 0 Å². The average Bonchev–Trinajstić information content (AvgIpc) is 2.82. The highest BCUT2D eigenvalue weighted by Crippen LogP contribution is 2.20. The van der Waals surface area contributed by atoms with Crippen LogP contribution < -0.4 is 20.8 Å². The molecule has 0 atom stereocenters. The van der Waals surface area contributed by atoms with E-state index in [4.69, 9.17) is 16.3 Å². The number of halogens is 1. The van der Waals surface area contributed by atoms with Crippen molar-refractivity contribution in [1.82, 2.24) is 5.43 Å². The van der Waals surface area contributed by atoms with Crippen molar-refractivity contribution in [1.29, 1.82) is 0 Å². The molecule has 0 aromatic heterocycles. The summed E-state index contributed by atoms with van der Waals surface area (Å²) in [7, 11) is 0. The predicted molar refractivity (Wildman–Crippen MR) is 128 cm³/mol. The Morgan fingerprint density at radius 3 is 2.33 bits per heavy atom. The SMILES string of the molecule is CCOc1ccc(NC(=O)c2ccccc2NC(=O)C(=O)NN=Cc2ccccc2Cl)cc1. The molecule has 0 saturated carbocycles. The van der Waals surface area contributed by atoms with Gasteiger partial charge in [-0.15, -0.1) is 0 Å². The Labute approximate surface area is 195 Å². The Kier molecular flexibility index (Phi) is 8.15. The summed E-state index contributed by atoms with van der Waals surface area (Å²) in [5, 5.41) is 9.37. The minimum Gasteiger partial charge on any atom is -0.494 e. The van der Waals surface area contributed by atoms with E-state index in [9.17, 15) is 14.4 Å². The fourth-order valence-electron chi connectivity index (χ4n) is 2.76. The zero-order chi connectivity index (χ0) is 23.6. The molecule has 0 fully saturated rings. The average molecular weight is 465 g/mol. The molecule has 3 aromatic carbocycles. The van der Waals surface area contributed by atoms with Crippen molar-refractivity contribution >= 4 is 46.9 Å². The van der Waals surface area contributed by atoms with Crippen LogP contribution in [0.5, 0.6) is 5.75 Å². The lowest BCUT2D eigenvalue weighted by atomic mass is 10.1. The lowest BCUT2D eigenvalue weighted by molar-refractivity contribution is -0.136. The van der Waals surface area contributed by atoms with E-state index in [1.807, 2.05) is 6.92 Å². The maximum absolute atomic E-state index is 12.7. The first-order valence-corrected chi connectivity index (χ1v) is 10.4. The van der Waals surface area contributed by atoms with E-state index < -0.39 is 17.7 Å². The van der Waals surface area contributed by atoms with Crippen molar-refractivity contribution in [3.05, 3.63) is 88.9 Å². The fourth-order valence-corrected chi connectivity index (χ4v) is 2.94. The second-order valence-corrected chi connectivity index (χ2v) is 7.04. The van der Waals surface area contributed by atoms with Crippen LogP contribution in [0.2, 0.25) is 5.02 Å². The topological polar surface area (TPSA) is 109 Å². The van der Waals surface area contributed by atoms with Crippen molar-refractivity contribution in [2.45, 2.75) is 6.92 Å². The predicted octanol–water partition coefficient (Wildman–Crippen LogP) is 4.08. The number of nitrogens with zero attached hydrogens (tertiary/aromatic N) is 1. The molecule has 33 heavy (non-hydrogen) atoms. The highest BCUT2D eigenvalue weighted by Gasteiger charge is 2.18. The number of anilines is 2. The number of rotatable bonds is 7. The van der Waals surface area contributed by atoms with Gasteiger partial charge in [-0.2, -0.15) is 5.10 Å². The summed E-state index contributed by atoms with van der Waals surface area (Å²) in [6.07, 6.45) is 1.33. The quantitative estimate of drug-likeness (QED) is 0.278. The summed E-state index contributed by atoms with van der Waals surface area (Å²) in [4.78, 5) is 37.1. The first-order valence-electron chi connectivity index (χ1n) is 10.00. The maximum Gasteiger partial charge on any atom is 0.329 e. The summed E-state index contributed by atoms with van der Waals surface area (Å²) >= 11 is 6.01. The van der Waals surface area contributed by atoms with E-state index in [1.165, 1.54) is 18.3 Å². The molecule has 0 aliphatic carbocycles. The summed E-state index contributed by atoms with van der Waals surface area (Å²) in [6, 6.07) is 20.1. The van der Waals surface area contributed by atoms with Gasteiger partial charge in [0.15, 0.2) is 0 Å². The minimum atomic E-state index is -1.000. The number of hydrazone groups is 1. The lowest BCUT2D eigenvalue weighted by Gasteiger charge is -2.11. The maximum atomic E-state index is 12.7. The van der Waals surface area contributed by atoms with Crippen LogP contribution in [0, 0.1) is 0 Å². The van der Waals surface area contributed by atoms with Crippen LogP contribution >= 0.6 is 11.6 Å². The first kappa shape index (κ1) is 23.5. The molecule has 3 amide bonds. The molecule has 0 radical (unpaired) electrons. The Hall–Kier alpha value is -4.17. The fraction of sp³-hybridized carbons (Fsp3) is 0.0833. The summed E-state index contributed by atoms with van der Waals surface area (Å²) < 4.78 is 5.38. The third-order valence-corrected chi connectivity index (χ3v) is 4.67. The van der Waals surface area contributed by atoms with Gasteiger partial charge in [0.2, 0.25) is 0 Å². The number of para-hydroxylation sites is 1. The van der Waals surface area contributed by atoms with Gasteiger partial charge in [0.25, 0.3) is 5.91 Å². The number of carbonyl (C=O) groups is 3. The number of ether oxygens (including phenoxy) is 1. The van der Waals surface area contributed by atoms with E-state index >= 15 is 0 Å². The smallest absolute Gasteiger partial charge is 0.329 e. The molecular weight excluding hydrogens is 444 g/mol. The van der Waals surface area contributed by atoms with Crippen molar-refractivity contribution < 1.29 is 19.1 Å². The molecule has 0 spiro atoms. The van der Waals surface area contributed by atoms with Gasteiger partial charge in [0, 0.05) is 16.3 Å². The second kappa shape index (κ2) is 11.4. The first-order chi connectivity index (χ1) is 16.0. The van der Waals surface area contributed by atoms with Gasteiger partial charge < -0.3 is 15.4 Å². The van der Waals surface area contributed by atoms with Crippen LogP contribution in [0.1, 0.15) is 22.8 Å². The Bertz CT molecular complexity index is 1180. The zero-order valence-electron chi connectivity index (χ0n) is 17.7. The molecule has 3 rings (SSSR count). The number of nitrogens with one attached hydrogen (secondary N) is 3. The monoisotopic (exact) mass is 464 g/mol. The molecule has 9 heteroatoms. The highest BCUT2D eigenvalue weighted by atomic mass is 35.5. The third kappa shape index (κ3) is 6.65. The molecular formula is C24H21ClN4O4. The van der Waals surface area contributed by atoms with Gasteiger partial charge in [-0.25, -0.2) is 5.43 Å². The number of amides is 3. The molecule has 0 unspecified atom stereocenters. The second-order valence-electron chi connectivity index (χ2n) is 6.63. The lowest BCUT2D eigenvalue weighted by Crippen LogP contribution is -2.33. The van der Waals surface area contributed by atoms with Crippen molar-refractivity contribution in [2.24, 2.45) is 5.10 Å². The number of hydrogen-bond acceptors (Lipinski definition) is 5. The van der Waals surface area contributed by atoms with E-state index in [0.717, 1.165) is 0 Å². The molecule has 3 aromatic rings. The van der Waals surface area contributed by atoms with Crippen LogP contribution in [-0.2, 0) is 9.59 Å². The van der Waals surface area contributed by atoms with Crippen molar-refractivity contribution in [2.75, 3.05) is 17.2 Å². The molecule has 168 valence electrons. The zero-order valence-corrected chi connectivity index (χ0v) is 18.4. The van der Waals surface area contributed by atoms with Gasteiger partial charge in [0.1, 0.15) is 5.75 Å². The molecule has 0 heterocycles. The Balaban J connectivity index is 1.63. The highest BCUT2D eigenvalue weighted by molar-refractivity contribution is 6.40. The van der Waals surface area contributed by atoms with Gasteiger partial charge in [-0.05, 0) is 49.4 Å². The van der Waals surface area contributed by atoms with E-state index in [0.29, 0.717) is 28.6 Å². The minimum absolute atomic E-state index is 0.177. The molecule has 3 N–H and O–H groups in total. The molecule has 8 nitrogen and oxygen atoms in total. The third-order valence-electron chi connectivity index (χ3n) is 4.32. The van der Waals surface area contributed by atoms with Crippen molar-refractivity contribution in [3.63, 3.8) is 0 Å². The normalized spacial score (nSPS) is 10.5. The largest absolute Gasteiger partial charge is 0.494 e. The summed E-state index contributed by atoms with van der Waals surface area (Å²) in [6.45, 7) is 2.42. The molecule has 0 aliphatic heterocycles. The molecule has 0 bridgehead atoms. The van der Waals surface area contributed by atoms with Gasteiger partial charge >= 0.3 is 11.8 Å². The van der Waals surface area contributed by atoms with Crippen LogP contribution in [0.3, 0.4) is 0 Å². The molecule has 0 aliphatic rings. The van der Waals surface area contributed by atoms with Crippen LogP contribution in [0.15, 0.2) is 77.9 Å². The Morgan fingerprint density at radius 1 is 0.909 bits per heavy atom. The summed E-state index contributed by atoms with van der Waals surface area (Å²) in [5.74, 6) is -1.74. The van der Waals surface area contributed by atoms with Gasteiger partial charge in [-0.1, -0.05) is 41.9 Å². The van der Waals surface area contributed by atoms with Crippen LogP contribution in [-0.4, -0.2) is 30.5 Å². The molecule has 0 saturated heterocycles. The van der Waals surface area contributed by atoms with Gasteiger partial charge in [-0.3, -0.25) is 14.4 Å². The number of hydrogen-bond donors (Lipinski definition) is 3. The standard InChI is InChI=1S/C24H21ClN4O4/c1-2-33-18-13-11-17(12-14-18)27-22(30)19-8-4-6-10-21(19)28-23(31)24(32)29-26-15-16-7-3-5-9-20(16)25/h3-15H,2H2,1H3,(H,27,30)(H,28,31)(H,29,32). The number of carbonyl (C=O) groups excluding carboxylic acids is 3. The van der Waals surface area contributed by atoms with Crippen molar-refractivity contribution in [3.8, 4) is 5.75 Å².